The minimum absolute atomic E-state index is 0.0310. The minimum atomic E-state index is -0.0310. The van der Waals surface area contributed by atoms with Crippen LogP contribution in [0.3, 0.4) is 0 Å². The maximum Gasteiger partial charge on any atom is 0.237 e. The zero-order valence-electron chi connectivity index (χ0n) is 15.5. The molecule has 2 heterocycles. The highest BCUT2D eigenvalue weighted by atomic mass is 32.1. The zero-order valence-corrected chi connectivity index (χ0v) is 16.3. The Morgan fingerprint density at radius 3 is 2.59 bits per heavy atom. The summed E-state index contributed by atoms with van der Waals surface area (Å²) in [6.07, 6.45) is 1.95. The lowest BCUT2D eigenvalue weighted by Gasteiger charge is -2.19. The van der Waals surface area contributed by atoms with Crippen LogP contribution in [0.2, 0.25) is 0 Å². The largest absolute Gasteiger partial charge is 0.464 e. The summed E-state index contributed by atoms with van der Waals surface area (Å²) in [7, 11) is 0. The van der Waals surface area contributed by atoms with E-state index in [2.05, 4.69) is 18.0 Å². The van der Waals surface area contributed by atoms with Crippen molar-refractivity contribution in [3.05, 3.63) is 76.5 Å². The monoisotopic (exact) mass is 376 g/mol. The molecule has 136 valence electrons. The molecule has 2 aromatic carbocycles. The van der Waals surface area contributed by atoms with Gasteiger partial charge in [-0.15, -0.1) is 11.3 Å². The standard InChI is InChI=1S/C22H20N2O2S/c1-14-9-10-19-17(12-26-21(19)16(14)3)11-20(25)24(18-7-5-4-6-8-18)22-23-15(2)13-27-22/h4-10,12-13H,11H2,1-3H3. The molecule has 4 aromatic rings. The minimum Gasteiger partial charge on any atom is -0.464 e. The van der Waals surface area contributed by atoms with Crippen LogP contribution in [0.4, 0.5) is 10.8 Å². The predicted octanol–water partition coefficient (Wildman–Crippen LogP) is 5.72. The van der Waals surface area contributed by atoms with Crippen molar-refractivity contribution in [3.8, 4) is 0 Å². The number of carbonyl (C=O) groups excluding carboxylic acids is 1. The molecule has 0 fully saturated rings. The number of anilines is 2. The van der Waals surface area contributed by atoms with Gasteiger partial charge < -0.3 is 4.42 Å². The van der Waals surface area contributed by atoms with E-state index in [1.807, 2.05) is 55.6 Å². The third-order valence-corrected chi connectivity index (χ3v) is 5.69. The molecule has 0 saturated carbocycles. The number of furan rings is 1. The summed E-state index contributed by atoms with van der Waals surface area (Å²) in [5, 5.41) is 3.64. The molecule has 0 N–H and O–H groups in total. The van der Waals surface area contributed by atoms with Gasteiger partial charge in [-0.3, -0.25) is 9.69 Å². The third kappa shape index (κ3) is 3.26. The molecule has 0 spiro atoms. The van der Waals surface area contributed by atoms with Gasteiger partial charge in [0.2, 0.25) is 5.91 Å². The molecule has 0 aliphatic heterocycles. The van der Waals surface area contributed by atoms with Crippen molar-refractivity contribution in [2.24, 2.45) is 0 Å². The Labute approximate surface area is 162 Å². The number of aryl methyl sites for hydroxylation is 3. The number of hydrogen-bond acceptors (Lipinski definition) is 4. The lowest BCUT2D eigenvalue weighted by molar-refractivity contribution is -0.117. The quantitative estimate of drug-likeness (QED) is 0.457. The zero-order chi connectivity index (χ0) is 19.0. The summed E-state index contributed by atoms with van der Waals surface area (Å²) in [5.74, 6) is -0.0310. The van der Waals surface area contributed by atoms with Gasteiger partial charge in [0, 0.05) is 16.3 Å². The third-order valence-electron chi connectivity index (χ3n) is 4.75. The summed E-state index contributed by atoms with van der Waals surface area (Å²) in [6.45, 7) is 6.04. The molecule has 4 rings (SSSR count). The van der Waals surface area contributed by atoms with Gasteiger partial charge in [0.15, 0.2) is 5.13 Å². The first-order valence-electron chi connectivity index (χ1n) is 8.81. The summed E-state index contributed by atoms with van der Waals surface area (Å²) in [5.41, 5.74) is 5.77. The van der Waals surface area contributed by atoms with E-state index in [1.165, 1.54) is 16.9 Å². The van der Waals surface area contributed by atoms with Crippen LogP contribution in [0.5, 0.6) is 0 Å². The Morgan fingerprint density at radius 2 is 1.89 bits per heavy atom. The van der Waals surface area contributed by atoms with Gasteiger partial charge in [-0.1, -0.05) is 30.3 Å². The van der Waals surface area contributed by atoms with Gasteiger partial charge in [0.1, 0.15) is 5.58 Å². The van der Waals surface area contributed by atoms with Crippen LogP contribution in [-0.2, 0) is 11.2 Å². The van der Waals surface area contributed by atoms with E-state index in [9.17, 15) is 4.79 Å². The number of benzene rings is 2. The first-order valence-corrected chi connectivity index (χ1v) is 9.69. The summed E-state index contributed by atoms with van der Waals surface area (Å²) >= 11 is 1.47. The van der Waals surface area contributed by atoms with Gasteiger partial charge in [-0.05, 0) is 44.0 Å². The van der Waals surface area contributed by atoms with Crippen molar-refractivity contribution in [1.82, 2.24) is 4.98 Å². The second kappa shape index (κ2) is 7.00. The number of nitrogens with zero attached hydrogens (tertiary/aromatic N) is 2. The molecule has 0 unspecified atom stereocenters. The maximum atomic E-state index is 13.3. The Hall–Kier alpha value is -2.92. The van der Waals surface area contributed by atoms with E-state index in [0.717, 1.165) is 33.5 Å². The molecule has 1 amide bonds. The van der Waals surface area contributed by atoms with E-state index in [1.54, 1.807) is 11.2 Å². The Kier molecular flexibility index (Phi) is 4.54. The van der Waals surface area contributed by atoms with Crippen LogP contribution in [0.15, 0.2) is 58.5 Å². The Balaban J connectivity index is 1.72. The van der Waals surface area contributed by atoms with Crippen molar-refractivity contribution in [2.75, 3.05) is 4.90 Å². The lowest BCUT2D eigenvalue weighted by atomic mass is 10.0. The van der Waals surface area contributed by atoms with E-state index in [-0.39, 0.29) is 12.3 Å². The second-order valence-electron chi connectivity index (χ2n) is 6.66. The van der Waals surface area contributed by atoms with Gasteiger partial charge in [-0.25, -0.2) is 4.98 Å². The van der Waals surface area contributed by atoms with Crippen LogP contribution in [0.25, 0.3) is 11.0 Å². The number of amides is 1. The lowest BCUT2D eigenvalue weighted by Crippen LogP contribution is -2.27. The molecule has 0 aliphatic carbocycles. The molecule has 4 nitrogen and oxygen atoms in total. The number of thiazole rings is 1. The van der Waals surface area contributed by atoms with Gasteiger partial charge in [-0.2, -0.15) is 0 Å². The first kappa shape index (κ1) is 17.5. The van der Waals surface area contributed by atoms with Crippen molar-refractivity contribution in [2.45, 2.75) is 27.2 Å². The number of fused-ring (bicyclic) bond motifs is 1. The highest BCUT2D eigenvalue weighted by molar-refractivity contribution is 7.14. The number of hydrogen-bond donors (Lipinski definition) is 0. The molecule has 27 heavy (non-hydrogen) atoms. The SMILES string of the molecule is Cc1csc(N(C(=O)Cc2coc3c(C)c(C)ccc23)c2ccccc2)n1. The molecular weight excluding hydrogens is 356 g/mol. The van der Waals surface area contributed by atoms with E-state index in [0.29, 0.717) is 5.13 Å². The van der Waals surface area contributed by atoms with Crippen LogP contribution in [0.1, 0.15) is 22.4 Å². The molecule has 0 aliphatic rings. The summed E-state index contributed by atoms with van der Waals surface area (Å²) < 4.78 is 5.77. The summed E-state index contributed by atoms with van der Waals surface area (Å²) in [6, 6.07) is 13.7. The van der Waals surface area contributed by atoms with Crippen molar-refractivity contribution >= 4 is 39.0 Å². The average molecular weight is 376 g/mol. The van der Waals surface area contributed by atoms with Crippen LogP contribution in [-0.4, -0.2) is 10.9 Å². The van der Waals surface area contributed by atoms with E-state index in [4.69, 9.17) is 4.42 Å². The van der Waals surface area contributed by atoms with E-state index < -0.39 is 0 Å². The first-order chi connectivity index (χ1) is 13.0. The fraction of sp³-hybridized carbons (Fsp3) is 0.182. The normalized spacial score (nSPS) is 11.1. The number of aromatic nitrogens is 1. The highest BCUT2D eigenvalue weighted by Crippen LogP contribution is 2.31. The molecule has 0 atom stereocenters. The van der Waals surface area contributed by atoms with Crippen molar-refractivity contribution < 1.29 is 9.21 Å². The molecule has 0 saturated heterocycles. The van der Waals surface area contributed by atoms with Crippen LogP contribution in [0, 0.1) is 20.8 Å². The van der Waals surface area contributed by atoms with Crippen LogP contribution < -0.4 is 4.90 Å². The van der Waals surface area contributed by atoms with Gasteiger partial charge in [0.05, 0.1) is 24.1 Å². The molecule has 5 heteroatoms. The van der Waals surface area contributed by atoms with Gasteiger partial charge in [0.25, 0.3) is 0 Å². The van der Waals surface area contributed by atoms with Crippen molar-refractivity contribution in [1.29, 1.82) is 0 Å². The maximum absolute atomic E-state index is 13.3. The number of para-hydroxylation sites is 1. The predicted molar refractivity (Wildman–Crippen MR) is 110 cm³/mol. The molecule has 0 radical (unpaired) electrons. The smallest absolute Gasteiger partial charge is 0.237 e. The Morgan fingerprint density at radius 1 is 1.11 bits per heavy atom. The second-order valence-corrected chi connectivity index (χ2v) is 7.49. The van der Waals surface area contributed by atoms with Gasteiger partial charge >= 0.3 is 0 Å². The highest BCUT2D eigenvalue weighted by Gasteiger charge is 2.23. The Bertz CT molecular complexity index is 1110. The fourth-order valence-electron chi connectivity index (χ4n) is 3.15. The topological polar surface area (TPSA) is 46.3 Å². The molecule has 0 bridgehead atoms. The average Bonchev–Trinajstić information content (AvgIpc) is 3.26. The van der Waals surface area contributed by atoms with E-state index >= 15 is 0 Å². The number of rotatable bonds is 4. The molecule has 2 aromatic heterocycles. The van der Waals surface area contributed by atoms with Crippen LogP contribution >= 0.6 is 11.3 Å². The number of carbonyl (C=O) groups is 1. The summed E-state index contributed by atoms with van der Waals surface area (Å²) in [4.78, 5) is 19.5. The molecular formula is C22H20N2O2S. The van der Waals surface area contributed by atoms with Crippen molar-refractivity contribution in [3.63, 3.8) is 0 Å². The fourth-order valence-corrected chi connectivity index (χ4v) is 3.99.